The number of aromatic hydroxyl groups is 1. The number of nitrogens with two attached hydrogens (primary N) is 1. The number of hydrogen-bond donors (Lipinski definition) is 4. The average Bonchev–Trinajstić information content (AvgIpc) is 3.05. The Morgan fingerprint density at radius 1 is 1.23 bits per heavy atom. The van der Waals surface area contributed by atoms with Crippen LogP contribution in [-0.2, 0) is 6.54 Å². The summed E-state index contributed by atoms with van der Waals surface area (Å²) in [6.45, 7) is 1.25. The van der Waals surface area contributed by atoms with Gasteiger partial charge in [0.1, 0.15) is 10.0 Å². The van der Waals surface area contributed by atoms with E-state index in [2.05, 4.69) is 5.32 Å². The molecule has 0 unspecified atom stereocenters. The summed E-state index contributed by atoms with van der Waals surface area (Å²) in [4.78, 5) is 26.7. The lowest BCUT2D eigenvalue weighted by Gasteiger charge is -2.15. The quantitative estimate of drug-likeness (QED) is 0.422. The van der Waals surface area contributed by atoms with E-state index in [0.29, 0.717) is 28.7 Å². The number of fused-ring (bicyclic) bond motifs is 1. The number of phenols is 1. The number of anilines is 1. The zero-order chi connectivity index (χ0) is 22.0. The number of phenolic OH excluding ortho intramolecular Hbond substituents is 1. The Morgan fingerprint density at radius 3 is 2.50 bits per heavy atom. The fraction of sp³-hybridized carbons (Fsp3) is 0.200. The Bertz CT molecular complexity index is 1120. The fourth-order valence-electron chi connectivity index (χ4n) is 2.98. The maximum atomic E-state index is 12.7. The first-order chi connectivity index (χ1) is 14.2. The number of hydrogen-bond acceptors (Lipinski definition) is 6. The standard InChI is InChI=1S/C20H19Cl2N3O4S/c1-25(6-7-26)9-10-2-4-11(5-3-10)19(29)24-20-14(18(23)28)12-8-13(21)16(27)15(22)17(12)30-20/h2-5,8,26-27H,6-7,9H2,1H3,(H2,23,28)(H,24,29). The first kappa shape index (κ1) is 22.3. The maximum Gasteiger partial charge on any atom is 0.256 e. The highest BCUT2D eigenvalue weighted by Gasteiger charge is 2.23. The molecule has 7 nitrogen and oxygen atoms in total. The molecule has 0 fully saturated rings. The lowest BCUT2D eigenvalue weighted by atomic mass is 10.1. The first-order valence-corrected chi connectivity index (χ1v) is 10.4. The van der Waals surface area contributed by atoms with E-state index in [1.165, 1.54) is 6.07 Å². The molecule has 30 heavy (non-hydrogen) atoms. The first-order valence-electron chi connectivity index (χ1n) is 8.85. The number of carbonyl (C=O) groups is 2. The number of rotatable bonds is 7. The molecule has 0 aliphatic carbocycles. The Balaban J connectivity index is 1.89. The van der Waals surface area contributed by atoms with Crippen molar-refractivity contribution in [3.8, 4) is 5.75 Å². The van der Waals surface area contributed by atoms with Gasteiger partial charge in [-0.2, -0.15) is 0 Å². The lowest BCUT2D eigenvalue weighted by molar-refractivity contribution is 0.100. The Hall–Kier alpha value is -2.36. The molecule has 158 valence electrons. The van der Waals surface area contributed by atoms with Crippen molar-refractivity contribution >= 4 is 61.4 Å². The van der Waals surface area contributed by atoms with E-state index < -0.39 is 11.8 Å². The van der Waals surface area contributed by atoms with E-state index in [0.717, 1.165) is 16.9 Å². The monoisotopic (exact) mass is 467 g/mol. The van der Waals surface area contributed by atoms with Gasteiger partial charge in [0.15, 0.2) is 5.75 Å². The summed E-state index contributed by atoms with van der Waals surface area (Å²) < 4.78 is 0.393. The van der Waals surface area contributed by atoms with E-state index in [4.69, 9.17) is 34.0 Å². The summed E-state index contributed by atoms with van der Waals surface area (Å²) in [5.41, 5.74) is 6.97. The van der Waals surface area contributed by atoms with Crippen molar-refractivity contribution in [1.82, 2.24) is 4.90 Å². The maximum absolute atomic E-state index is 12.7. The predicted octanol–water partition coefficient (Wildman–Crippen LogP) is 3.69. The number of benzene rings is 2. The minimum Gasteiger partial charge on any atom is -0.505 e. The van der Waals surface area contributed by atoms with Crippen molar-refractivity contribution in [1.29, 1.82) is 0 Å². The summed E-state index contributed by atoms with van der Waals surface area (Å²) in [6.07, 6.45) is 0. The number of aliphatic hydroxyl groups excluding tert-OH is 1. The van der Waals surface area contributed by atoms with Crippen molar-refractivity contribution in [3.63, 3.8) is 0 Å². The molecule has 0 aliphatic heterocycles. The van der Waals surface area contributed by atoms with E-state index in [1.807, 2.05) is 24.1 Å². The highest BCUT2D eigenvalue weighted by Crippen LogP contribution is 2.46. The normalized spacial score (nSPS) is 11.2. The molecule has 1 heterocycles. The van der Waals surface area contributed by atoms with Gasteiger partial charge in [-0.3, -0.25) is 14.5 Å². The minimum absolute atomic E-state index is 0.0122. The van der Waals surface area contributed by atoms with Crippen LogP contribution in [0.3, 0.4) is 0 Å². The molecule has 0 aliphatic rings. The van der Waals surface area contributed by atoms with Gasteiger partial charge in [0, 0.05) is 24.0 Å². The zero-order valence-electron chi connectivity index (χ0n) is 15.9. The van der Waals surface area contributed by atoms with Crippen LogP contribution in [0.1, 0.15) is 26.3 Å². The second kappa shape index (κ2) is 9.20. The topological polar surface area (TPSA) is 116 Å². The van der Waals surface area contributed by atoms with Crippen LogP contribution in [0.5, 0.6) is 5.75 Å². The molecule has 0 saturated carbocycles. The Labute approximate surface area is 186 Å². The molecule has 0 saturated heterocycles. The molecule has 5 N–H and O–H groups in total. The van der Waals surface area contributed by atoms with E-state index in [-0.39, 0.29) is 33.0 Å². The molecule has 2 amide bonds. The van der Waals surface area contributed by atoms with Crippen molar-refractivity contribution in [2.75, 3.05) is 25.5 Å². The van der Waals surface area contributed by atoms with Gasteiger partial charge in [-0.05, 0) is 30.8 Å². The van der Waals surface area contributed by atoms with E-state index in [1.54, 1.807) is 12.1 Å². The second-order valence-corrected chi connectivity index (χ2v) is 8.49. The molecule has 1 aromatic heterocycles. The summed E-state index contributed by atoms with van der Waals surface area (Å²) in [5.74, 6) is -1.48. The van der Waals surface area contributed by atoms with Gasteiger partial charge in [-0.25, -0.2) is 0 Å². The van der Waals surface area contributed by atoms with Gasteiger partial charge < -0.3 is 21.3 Å². The largest absolute Gasteiger partial charge is 0.505 e. The summed E-state index contributed by atoms with van der Waals surface area (Å²) >= 11 is 13.1. The van der Waals surface area contributed by atoms with Gasteiger partial charge >= 0.3 is 0 Å². The number of likely N-dealkylation sites (N-methyl/N-ethyl adjacent to an activating group) is 1. The van der Waals surface area contributed by atoms with Crippen LogP contribution < -0.4 is 11.1 Å². The van der Waals surface area contributed by atoms with Gasteiger partial charge in [0.2, 0.25) is 0 Å². The minimum atomic E-state index is -0.753. The predicted molar refractivity (Wildman–Crippen MR) is 120 cm³/mol. The molecule has 2 aromatic carbocycles. The molecular weight excluding hydrogens is 449 g/mol. The molecular formula is C20H19Cl2N3O4S. The highest BCUT2D eigenvalue weighted by molar-refractivity contribution is 7.24. The van der Waals surface area contributed by atoms with Crippen LogP contribution in [0.2, 0.25) is 10.0 Å². The summed E-state index contributed by atoms with van der Waals surface area (Å²) in [5, 5.41) is 22.2. The number of primary amides is 1. The van der Waals surface area contributed by atoms with Gasteiger partial charge in [0.25, 0.3) is 11.8 Å². The van der Waals surface area contributed by atoms with Gasteiger partial charge in [-0.1, -0.05) is 35.3 Å². The number of carbonyl (C=O) groups excluding carboxylic acids is 2. The number of amides is 2. The van der Waals surface area contributed by atoms with Crippen LogP contribution >= 0.6 is 34.5 Å². The van der Waals surface area contributed by atoms with Crippen molar-refractivity contribution in [2.24, 2.45) is 5.73 Å². The summed E-state index contributed by atoms with van der Waals surface area (Å²) in [7, 11) is 1.89. The van der Waals surface area contributed by atoms with Crippen LogP contribution in [0, 0.1) is 0 Å². The fourth-order valence-corrected chi connectivity index (χ4v) is 4.67. The van der Waals surface area contributed by atoms with Crippen LogP contribution in [-0.4, -0.2) is 47.1 Å². The SMILES string of the molecule is CN(CCO)Cc1ccc(C(=O)Nc2sc3c(Cl)c(O)c(Cl)cc3c2C(N)=O)cc1. The Kier molecular flexibility index (Phi) is 6.84. The summed E-state index contributed by atoms with van der Waals surface area (Å²) in [6, 6.07) is 8.37. The van der Waals surface area contributed by atoms with Crippen molar-refractivity contribution in [3.05, 3.63) is 57.1 Å². The molecule has 10 heteroatoms. The second-order valence-electron chi connectivity index (χ2n) is 6.68. The van der Waals surface area contributed by atoms with E-state index in [9.17, 15) is 14.7 Å². The van der Waals surface area contributed by atoms with Gasteiger partial charge in [0.05, 0.1) is 21.9 Å². The lowest BCUT2D eigenvalue weighted by Crippen LogP contribution is -2.21. The number of thiophene rings is 1. The number of halogens is 2. The molecule has 3 rings (SSSR count). The van der Waals surface area contributed by atoms with E-state index >= 15 is 0 Å². The third kappa shape index (κ3) is 4.53. The number of nitrogens with one attached hydrogen (secondary N) is 1. The van der Waals surface area contributed by atoms with Crippen molar-refractivity contribution < 1.29 is 19.8 Å². The average molecular weight is 468 g/mol. The highest BCUT2D eigenvalue weighted by atomic mass is 35.5. The Morgan fingerprint density at radius 2 is 1.90 bits per heavy atom. The molecule has 0 spiro atoms. The number of nitrogens with zero attached hydrogens (tertiary/aromatic N) is 1. The van der Waals surface area contributed by atoms with Gasteiger partial charge in [-0.15, -0.1) is 11.3 Å². The van der Waals surface area contributed by atoms with Crippen molar-refractivity contribution in [2.45, 2.75) is 6.54 Å². The third-order valence-corrected chi connectivity index (χ3v) is 6.38. The molecule has 3 aromatic rings. The molecule has 0 atom stereocenters. The number of aliphatic hydroxyl groups is 1. The molecule has 0 radical (unpaired) electrons. The smallest absolute Gasteiger partial charge is 0.256 e. The zero-order valence-corrected chi connectivity index (χ0v) is 18.2. The molecule has 0 bridgehead atoms. The third-order valence-electron chi connectivity index (χ3n) is 4.47. The van der Waals surface area contributed by atoms with Crippen LogP contribution in [0.4, 0.5) is 5.00 Å². The van der Waals surface area contributed by atoms with Crippen LogP contribution in [0.25, 0.3) is 10.1 Å². The van der Waals surface area contributed by atoms with Crippen LogP contribution in [0.15, 0.2) is 30.3 Å².